The average molecular weight is 427 g/mol. The van der Waals surface area contributed by atoms with Gasteiger partial charge in [-0.15, -0.1) is 0 Å². The van der Waals surface area contributed by atoms with Crippen molar-refractivity contribution in [3.8, 4) is 22.9 Å². The van der Waals surface area contributed by atoms with E-state index < -0.39 is 18.0 Å². The van der Waals surface area contributed by atoms with E-state index in [2.05, 4.69) is 20.3 Å². The largest absolute Gasteiger partial charge is 0.463 e. The van der Waals surface area contributed by atoms with Crippen LogP contribution >= 0.6 is 0 Å². The van der Waals surface area contributed by atoms with Gasteiger partial charge in [-0.3, -0.25) is 9.36 Å². The Balaban J connectivity index is 1.56. The van der Waals surface area contributed by atoms with Crippen molar-refractivity contribution in [2.24, 2.45) is 7.05 Å². The number of carbonyl (C=O) groups is 1. The molecule has 0 saturated heterocycles. The lowest BCUT2D eigenvalue weighted by molar-refractivity contribution is -0.0180. The molecule has 3 heterocycles. The van der Waals surface area contributed by atoms with Crippen molar-refractivity contribution in [2.75, 3.05) is 6.79 Å². The van der Waals surface area contributed by atoms with E-state index in [1.54, 1.807) is 13.0 Å². The van der Waals surface area contributed by atoms with E-state index in [1.807, 2.05) is 0 Å². The molecule has 10 nitrogen and oxygen atoms in total. The summed E-state index contributed by atoms with van der Waals surface area (Å²) in [6, 6.07) is 4.56. The number of rotatable bonds is 4. The van der Waals surface area contributed by atoms with Crippen molar-refractivity contribution in [3.63, 3.8) is 0 Å². The fourth-order valence-electron chi connectivity index (χ4n) is 3.11. The van der Waals surface area contributed by atoms with Crippen molar-refractivity contribution in [2.45, 2.75) is 19.6 Å². The molecule has 4 rings (SSSR count). The highest BCUT2D eigenvalue weighted by Crippen LogP contribution is 2.35. The van der Waals surface area contributed by atoms with Crippen LogP contribution in [0.1, 0.15) is 24.4 Å². The second-order valence-corrected chi connectivity index (χ2v) is 6.75. The molecule has 1 atom stereocenters. The first-order valence-corrected chi connectivity index (χ1v) is 9.28. The van der Waals surface area contributed by atoms with E-state index in [0.717, 1.165) is 6.07 Å². The minimum absolute atomic E-state index is 0.0329. The summed E-state index contributed by atoms with van der Waals surface area (Å²) in [4.78, 5) is 37.2. The molecule has 0 aliphatic carbocycles. The molecule has 1 aliphatic rings. The summed E-state index contributed by atoms with van der Waals surface area (Å²) in [6.07, 6.45) is 2.02. The molecule has 0 bridgehead atoms. The Labute approximate surface area is 175 Å². The van der Waals surface area contributed by atoms with Crippen molar-refractivity contribution >= 4 is 6.09 Å². The third-order valence-electron chi connectivity index (χ3n) is 4.58. The Hall–Kier alpha value is -3.86. The van der Waals surface area contributed by atoms with E-state index in [4.69, 9.17) is 14.2 Å². The highest BCUT2D eigenvalue weighted by Gasteiger charge is 2.22. The minimum Gasteiger partial charge on any atom is -0.463 e. The van der Waals surface area contributed by atoms with Crippen molar-refractivity contribution in [3.05, 3.63) is 64.3 Å². The van der Waals surface area contributed by atoms with Crippen LogP contribution in [0.4, 0.5) is 9.18 Å². The summed E-state index contributed by atoms with van der Waals surface area (Å²) in [5.74, 6) is -0.138. The summed E-state index contributed by atoms with van der Waals surface area (Å²) in [5.41, 5.74) is 0.918. The van der Waals surface area contributed by atoms with Crippen LogP contribution in [-0.2, 0) is 18.4 Å². The molecule has 1 aromatic carbocycles. The first kappa shape index (κ1) is 20.4. The molecule has 160 valence electrons. The van der Waals surface area contributed by atoms with Gasteiger partial charge in [0.2, 0.25) is 0 Å². The van der Waals surface area contributed by atoms with Crippen molar-refractivity contribution in [1.29, 1.82) is 0 Å². The SMILES string of the molecule is CC(NC(=O)Oc1cc(F)cc2c1OCOC2)c1nc(-c2ccncn2)cc(=O)n1C. The van der Waals surface area contributed by atoms with Gasteiger partial charge in [0.1, 0.15) is 18.0 Å². The van der Waals surface area contributed by atoms with Crippen LogP contribution in [0, 0.1) is 5.82 Å². The molecule has 0 spiro atoms. The number of fused-ring (bicyclic) bond motifs is 1. The highest BCUT2D eigenvalue weighted by molar-refractivity contribution is 5.72. The number of benzene rings is 1. The molecular weight excluding hydrogens is 409 g/mol. The zero-order valence-electron chi connectivity index (χ0n) is 16.7. The number of hydrogen-bond acceptors (Lipinski definition) is 8. The molecule has 1 aliphatic heterocycles. The standard InChI is InChI=1S/C20H18FN5O5/c1-11(19-25-15(7-17(27)26(19)2)14-3-4-22-9-23-14)24-20(28)31-16-6-13(21)5-12-8-29-10-30-18(12)16/h3-7,9,11H,8,10H2,1-2H3,(H,24,28). The Morgan fingerprint density at radius 1 is 1.32 bits per heavy atom. The molecule has 3 aromatic rings. The lowest BCUT2D eigenvalue weighted by atomic mass is 10.2. The number of amides is 1. The molecular formula is C20H18FN5O5. The van der Waals surface area contributed by atoms with Gasteiger partial charge in [0, 0.05) is 30.9 Å². The van der Waals surface area contributed by atoms with Crippen LogP contribution in [0.25, 0.3) is 11.4 Å². The molecule has 1 unspecified atom stereocenters. The number of halogens is 1. The monoisotopic (exact) mass is 427 g/mol. The maximum absolute atomic E-state index is 13.9. The molecule has 31 heavy (non-hydrogen) atoms. The Morgan fingerprint density at radius 2 is 2.16 bits per heavy atom. The molecule has 1 amide bonds. The average Bonchev–Trinajstić information content (AvgIpc) is 2.75. The van der Waals surface area contributed by atoms with E-state index >= 15 is 0 Å². The molecule has 1 N–H and O–H groups in total. The highest BCUT2D eigenvalue weighted by atomic mass is 19.1. The van der Waals surface area contributed by atoms with Crippen LogP contribution in [0.5, 0.6) is 11.5 Å². The van der Waals surface area contributed by atoms with E-state index in [0.29, 0.717) is 17.0 Å². The normalized spacial score (nSPS) is 13.6. The number of carbonyl (C=O) groups excluding carboxylic acids is 1. The van der Waals surface area contributed by atoms with Gasteiger partial charge in [0.05, 0.1) is 24.0 Å². The third kappa shape index (κ3) is 4.36. The van der Waals surface area contributed by atoms with Gasteiger partial charge in [0.25, 0.3) is 5.56 Å². The van der Waals surface area contributed by atoms with E-state index in [1.165, 1.54) is 36.3 Å². The van der Waals surface area contributed by atoms with Crippen LogP contribution in [0.3, 0.4) is 0 Å². The fourth-order valence-corrected chi connectivity index (χ4v) is 3.11. The quantitative estimate of drug-likeness (QED) is 0.673. The van der Waals surface area contributed by atoms with Crippen molar-refractivity contribution in [1.82, 2.24) is 24.8 Å². The number of nitrogens with one attached hydrogen (secondary N) is 1. The first-order valence-electron chi connectivity index (χ1n) is 9.28. The van der Waals surface area contributed by atoms with Gasteiger partial charge in [0.15, 0.2) is 18.3 Å². The number of hydrogen-bond donors (Lipinski definition) is 1. The van der Waals surface area contributed by atoms with E-state index in [-0.39, 0.29) is 36.3 Å². The van der Waals surface area contributed by atoms with Gasteiger partial charge in [-0.1, -0.05) is 0 Å². The lowest BCUT2D eigenvalue weighted by Crippen LogP contribution is -2.34. The number of nitrogens with zero attached hydrogens (tertiary/aromatic N) is 4. The summed E-state index contributed by atoms with van der Waals surface area (Å²) in [5, 5.41) is 2.59. The second kappa shape index (κ2) is 8.48. The predicted molar refractivity (Wildman–Crippen MR) is 105 cm³/mol. The van der Waals surface area contributed by atoms with Crippen LogP contribution in [0.15, 0.2) is 41.6 Å². The second-order valence-electron chi connectivity index (χ2n) is 6.75. The van der Waals surface area contributed by atoms with Gasteiger partial charge in [-0.2, -0.15) is 0 Å². The Morgan fingerprint density at radius 3 is 2.94 bits per heavy atom. The van der Waals surface area contributed by atoms with Gasteiger partial charge >= 0.3 is 6.09 Å². The van der Waals surface area contributed by atoms with E-state index in [9.17, 15) is 14.0 Å². The predicted octanol–water partition coefficient (Wildman–Crippen LogP) is 2.09. The van der Waals surface area contributed by atoms with Gasteiger partial charge in [-0.25, -0.2) is 24.1 Å². The first-order chi connectivity index (χ1) is 14.9. The maximum atomic E-state index is 13.9. The third-order valence-corrected chi connectivity index (χ3v) is 4.58. The molecule has 2 aromatic heterocycles. The summed E-state index contributed by atoms with van der Waals surface area (Å²) in [7, 11) is 1.54. The minimum atomic E-state index is -0.864. The van der Waals surface area contributed by atoms with Crippen molar-refractivity contribution < 1.29 is 23.4 Å². The van der Waals surface area contributed by atoms with Gasteiger partial charge < -0.3 is 19.5 Å². The zero-order valence-corrected chi connectivity index (χ0v) is 16.7. The number of ether oxygens (including phenoxy) is 3. The maximum Gasteiger partial charge on any atom is 0.413 e. The molecule has 0 radical (unpaired) electrons. The Kier molecular flexibility index (Phi) is 5.58. The van der Waals surface area contributed by atoms with Crippen LogP contribution in [-0.4, -0.2) is 32.4 Å². The summed E-state index contributed by atoms with van der Waals surface area (Å²) < 4.78 is 30.9. The summed E-state index contributed by atoms with van der Waals surface area (Å²) >= 11 is 0. The molecule has 0 fully saturated rings. The zero-order chi connectivity index (χ0) is 22.0. The lowest BCUT2D eigenvalue weighted by Gasteiger charge is -2.21. The smallest absolute Gasteiger partial charge is 0.413 e. The summed E-state index contributed by atoms with van der Waals surface area (Å²) in [6.45, 7) is 1.75. The van der Waals surface area contributed by atoms with Gasteiger partial charge in [-0.05, 0) is 19.1 Å². The molecule has 11 heteroatoms. The Bertz CT molecular complexity index is 1180. The molecule has 0 saturated carbocycles. The van der Waals surface area contributed by atoms with Crippen LogP contribution in [0.2, 0.25) is 0 Å². The topological polar surface area (TPSA) is 117 Å². The fraction of sp³-hybridized carbons (Fsp3) is 0.250. The number of aromatic nitrogens is 4. The van der Waals surface area contributed by atoms with Crippen LogP contribution < -0.4 is 20.3 Å².